The minimum atomic E-state index is -0.370. The van der Waals surface area contributed by atoms with Gasteiger partial charge in [-0.15, -0.1) is 0 Å². The first kappa shape index (κ1) is 18.5. The molecule has 2 aliphatic heterocycles. The van der Waals surface area contributed by atoms with E-state index in [9.17, 15) is 4.79 Å². The Morgan fingerprint density at radius 3 is 2.74 bits per heavy atom. The largest absolute Gasteiger partial charge is 0.483 e. The van der Waals surface area contributed by atoms with E-state index in [1.807, 2.05) is 6.07 Å². The molecule has 27 heavy (non-hydrogen) atoms. The third kappa shape index (κ3) is 3.18. The Morgan fingerprint density at radius 1 is 1.26 bits per heavy atom. The fourth-order valence-electron chi connectivity index (χ4n) is 4.65. The van der Waals surface area contributed by atoms with Gasteiger partial charge in [-0.2, -0.15) is 0 Å². The van der Waals surface area contributed by atoms with E-state index in [1.165, 1.54) is 30.9 Å². The van der Waals surface area contributed by atoms with E-state index in [1.54, 1.807) is 0 Å². The van der Waals surface area contributed by atoms with Gasteiger partial charge >= 0.3 is 5.97 Å². The van der Waals surface area contributed by atoms with E-state index < -0.39 is 0 Å². The number of benzene rings is 1. The van der Waals surface area contributed by atoms with Crippen LogP contribution in [0.3, 0.4) is 0 Å². The molecule has 0 saturated carbocycles. The highest BCUT2D eigenvalue weighted by Gasteiger charge is 2.60. The molecule has 4 heteroatoms. The van der Waals surface area contributed by atoms with Crippen molar-refractivity contribution in [3.05, 3.63) is 28.8 Å². The number of esters is 1. The Hall–Kier alpha value is -1.81. The molecular formula is C23H30O4. The average molecular weight is 370 g/mol. The third-order valence-electron chi connectivity index (χ3n) is 6.15. The number of fused-ring (bicyclic) bond motifs is 4. The molecule has 0 spiro atoms. The summed E-state index contributed by atoms with van der Waals surface area (Å²) >= 11 is 0. The number of hydrogen-bond acceptors (Lipinski definition) is 4. The van der Waals surface area contributed by atoms with Crippen molar-refractivity contribution in [2.24, 2.45) is 0 Å². The number of unbranched alkanes of at least 4 members (excludes halogenated alkanes) is 2. The molecule has 2 atom stereocenters. The maximum Gasteiger partial charge on any atom is 0.308 e. The second-order valence-electron chi connectivity index (χ2n) is 8.83. The van der Waals surface area contributed by atoms with E-state index in [-0.39, 0.29) is 23.3 Å². The quantitative estimate of drug-likeness (QED) is 0.308. The fraction of sp³-hybridized carbons (Fsp3) is 0.609. The minimum absolute atomic E-state index is 0.0726. The lowest BCUT2D eigenvalue weighted by Crippen LogP contribution is -2.38. The second-order valence-corrected chi connectivity index (χ2v) is 8.83. The molecule has 1 fully saturated rings. The number of rotatable bonds is 5. The van der Waals surface area contributed by atoms with Crippen LogP contribution in [0.1, 0.15) is 77.8 Å². The van der Waals surface area contributed by atoms with Gasteiger partial charge in [-0.3, -0.25) is 4.79 Å². The number of carbonyl (C=O) groups is 1. The van der Waals surface area contributed by atoms with Gasteiger partial charge < -0.3 is 14.2 Å². The zero-order valence-corrected chi connectivity index (χ0v) is 17.1. The number of epoxide rings is 1. The highest BCUT2D eigenvalue weighted by molar-refractivity contribution is 5.87. The number of hydrogen-bond donors (Lipinski definition) is 0. The first-order valence-electron chi connectivity index (χ1n) is 10.2. The SMILES string of the molecule is CCCCCc1cc(OC(C)=O)c2c(c1)OC(C)(C)C1=C2C2OC2(C)CC1. The Kier molecular flexibility index (Phi) is 4.38. The zero-order valence-electron chi connectivity index (χ0n) is 17.1. The van der Waals surface area contributed by atoms with Crippen LogP contribution < -0.4 is 9.47 Å². The van der Waals surface area contributed by atoms with E-state index in [2.05, 4.69) is 33.8 Å². The summed E-state index contributed by atoms with van der Waals surface area (Å²) in [6.07, 6.45) is 6.49. The average Bonchev–Trinajstić information content (AvgIpc) is 3.25. The van der Waals surface area contributed by atoms with Crippen molar-refractivity contribution in [1.82, 2.24) is 0 Å². The summed E-state index contributed by atoms with van der Waals surface area (Å²) in [6.45, 7) is 10.1. The van der Waals surface area contributed by atoms with Crippen molar-refractivity contribution in [1.29, 1.82) is 0 Å². The van der Waals surface area contributed by atoms with Gasteiger partial charge in [0.1, 0.15) is 23.2 Å². The van der Waals surface area contributed by atoms with Crippen LogP contribution in [0.2, 0.25) is 0 Å². The van der Waals surface area contributed by atoms with E-state index in [0.29, 0.717) is 5.75 Å². The maximum absolute atomic E-state index is 11.8. The van der Waals surface area contributed by atoms with Crippen molar-refractivity contribution >= 4 is 11.5 Å². The van der Waals surface area contributed by atoms with E-state index in [0.717, 1.165) is 42.6 Å². The Labute approximate surface area is 161 Å². The van der Waals surface area contributed by atoms with Gasteiger partial charge in [-0.05, 0) is 69.7 Å². The van der Waals surface area contributed by atoms with Gasteiger partial charge in [0.25, 0.3) is 0 Å². The zero-order chi connectivity index (χ0) is 19.4. The summed E-state index contributed by atoms with van der Waals surface area (Å²) in [5.41, 5.74) is 4.09. The van der Waals surface area contributed by atoms with Crippen molar-refractivity contribution in [2.75, 3.05) is 0 Å². The van der Waals surface area contributed by atoms with Gasteiger partial charge in [0, 0.05) is 12.5 Å². The van der Waals surface area contributed by atoms with Crippen molar-refractivity contribution < 1.29 is 19.0 Å². The molecule has 0 aromatic heterocycles. The third-order valence-corrected chi connectivity index (χ3v) is 6.15. The van der Waals surface area contributed by atoms with Crippen molar-refractivity contribution in [3.8, 4) is 11.5 Å². The number of carbonyl (C=O) groups excluding carboxylic acids is 1. The lowest BCUT2D eigenvalue weighted by Gasteiger charge is -2.39. The summed E-state index contributed by atoms with van der Waals surface area (Å²) < 4.78 is 18.2. The van der Waals surface area contributed by atoms with Crippen LogP contribution in [-0.4, -0.2) is 23.3 Å². The van der Waals surface area contributed by atoms with Crippen LogP contribution in [0.5, 0.6) is 11.5 Å². The van der Waals surface area contributed by atoms with Gasteiger partial charge in [0.2, 0.25) is 0 Å². The molecule has 1 aromatic carbocycles. The highest BCUT2D eigenvalue weighted by atomic mass is 16.6. The summed E-state index contributed by atoms with van der Waals surface area (Å²) in [6, 6.07) is 4.16. The first-order valence-corrected chi connectivity index (χ1v) is 10.2. The van der Waals surface area contributed by atoms with Gasteiger partial charge in [0.15, 0.2) is 0 Å². The summed E-state index contributed by atoms with van der Waals surface area (Å²) in [5, 5.41) is 0. The standard InChI is InChI=1S/C23H30O4/c1-6-7-8-9-15-12-17(25-14(2)24)20-18(13-15)26-22(3,4)16-10-11-23(5)21(27-23)19(16)20/h12-13,21H,6-11H2,1-5H3. The van der Waals surface area contributed by atoms with Gasteiger partial charge in [-0.25, -0.2) is 0 Å². The highest BCUT2D eigenvalue weighted by Crippen LogP contribution is 2.60. The lowest BCUT2D eigenvalue weighted by molar-refractivity contribution is -0.131. The molecule has 0 bridgehead atoms. The minimum Gasteiger partial charge on any atom is -0.483 e. The summed E-state index contributed by atoms with van der Waals surface area (Å²) in [7, 11) is 0. The molecule has 2 heterocycles. The molecule has 146 valence electrons. The summed E-state index contributed by atoms with van der Waals surface area (Å²) in [5.74, 6) is 1.14. The van der Waals surface area contributed by atoms with E-state index >= 15 is 0 Å². The molecule has 1 aromatic rings. The Morgan fingerprint density at radius 2 is 2.04 bits per heavy atom. The molecule has 1 aliphatic carbocycles. The number of ether oxygens (including phenoxy) is 3. The normalized spacial score (nSPS) is 27.2. The first-order chi connectivity index (χ1) is 12.7. The van der Waals surface area contributed by atoms with E-state index in [4.69, 9.17) is 14.2 Å². The Bertz CT molecular complexity index is 820. The maximum atomic E-state index is 11.8. The predicted molar refractivity (Wildman–Crippen MR) is 105 cm³/mol. The molecule has 4 rings (SSSR count). The lowest BCUT2D eigenvalue weighted by atomic mass is 9.74. The topological polar surface area (TPSA) is 48.1 Å². The predicted octanol–water partition coefficient (Wildman–Crippen LogP) is 5.22. The number of aryl methyl sites for hydroxylation is 1. The van der Waals surface area contributed by atoms with Crippen molar-refractivity contribution in [2.45, 2.75) is 90.4 Å². The van der Waals surface area contributed by atoms with Gasteiger partial charge in [0.05, 0.1) is 11.2 Å². The van der Waals surface area contributed by atoms with Crippen molar-refractivity contribution in [3.63, 3.8) is 0 Å². The van der Waals surface area contributed by atoms with Crippen LogP contribution in [0.25, 0.3) is 5.57 Å². The molecule has 0 radical (unpaired) electrons. The van der Waals surface area contributed by atoms with Crippen LogP contribution >= 0.6 is 0 Å². The molecule has 2 unspecified atom stereocenters. The monoisotopic (exact) mass is 370 g/mol. The van der Waals surface area contributed by atoms with Crippen LogP contribution in [0.15, 0.2) is 17.7 Å². The summed E-state index contributed by atoms with van der Waals surface area (Å²) in [4.78, 5) is 11.8. The smallest absolute Gasteiger partial charge is 0.308 e. The van der Waals surface area contributed by atoms with Crippen LogP contribution in [-0.2, 0) is 16.0 Å². The van der Waals surface area contributed by atoms with Gasteiger partial charge in [-0.1, -0.05) is 19.8 Å². The molecule has 3 aliphatic rings. The Balaban J connectivity index is 1.83. The molecule has 0 N–H and O–H groups in total. The molecular weight excluding hydrogens is 340 g/mol. The van der Waals surface area contributed by atoms with Crippen LogP contribution in [0, 0.1) is 0 Å². The molecule has 1 saturated heterocycles. The molecule has 4 nitrogen and oxygen atoms in total. The second kappa shape index (κ2) is 6.37. The fourth-order valence-corrected chi connectivity index (χ4v) is 4.65. The van der Waals surface area contributed by atoms with Crippen LogP contribution in [0.4, 0.5) is 0 Å². The molecule has 0 amide bonds.